The molecule has 1 aromatic carbocycles. The van der Waals surface area contributed by atoms with E-state index in [1.807, 2.05) is 0 Å². The molecular formula is C20H21F4N3O. The molecule has 1 aromatic heterocycles. The SMILES string of the molecule is O=C(Cn1nc(C(F)(F)F)c2c1CCCC2)N1CCCC1c1ccccc1F. The van der Waals surface area contributed by atoms with Crippen molar-refractivity contribution in [2.45, 2.75) is 57.3 Å². The van der Waals surface area contributed by atoms with E-state index in [2.05, 4.69) is 5.10 Å². The van der Waals surface area contributed by atoms with Crippen LogP contribution in [0.2, 0.25) is 0 Å². The van der Waals surface area contributed by atoms with Crippen LogP contribution in [0.1, 0.15) is 54.2 Å². The van der Waals surface area contributed by atoms with E-state index in [1.165, 1.54) is 10.7 Å². The smallest absolute Gasteiger partial charge is 0.334 e. The predicted octanol–water partition coefficient (Wildman–Crippen LogP) is 4.28. The Kier molecular flexibility index (Phi) is 4.89. The molecule has 8 heteroatoms. The van der Waals surface area contributed by atoms with Crippen LogP contribution >= 0.6 is 0 Å². The van der Waals surface area contributed by atoms with E-state index in [4.69, 9.17) is 0 Å². The number of benzene rings is 1. The van der Waals surface area contributed by atoms with Gasteiger partial charge < -0.3 is 4.90 Å². The van der Waals surface area contributed by atoms with E-state index >= 15 is 0 Å². The number of fused-ring (bicyclic) bond motifs is 1. The summed E-state index contributed by atoms with van der Waals surface area (Å²) in [4.78, 5) is 14.5. The molecule has 1 aliphatic carbocycles. The third-order valence-corrected chi connectivity index (χ3v) is 5.65. The lowest BCUT2D eigenvalue weighted by Gasteiger charge is -2.26. The minimum absolute atomic E-state index is 0.221. The molecular weight excluding hydrogens is 374 g/mol. The van der Waals surface area contributed by atoms with Gasteiger partial charge in [0.2, 0.25) is 5.91 Å². The van der Waals surface area contributed by atoms with Crippen molar-refractivity contribution in [1.82, 2.24) is 14.7 Å². The van der Waals surface area contributed by atoms with Gasteiger partial charge in [0.25, 0.3) is 0 Å². The first-order valence-electron chi connectivity index (χ1n) is 9.56. The fraction of sp³-hybridized carbons (Fsp3) is 0.500. The molecule has 4 rings (SSSR count). The maximum absolute atomic E-state index is 14.2. The lowest BCUT2D eigenvalue weighted by molar-refractivity contribution is -0.142. The molecule has 2 aromatic rings. The number of rotatable bonds is 3. The van der Waals surface area contributed by atoms with E-state index in [9.17, 15) is 22.4 Å². The molecule has 1 saturated heterocycles. The highest BCUT2D eigenvalue weighted by Crippen LogP contribution is 2.37. The molecule has 1 amide bonds. The van der Waals surface area contributed by atoms with Gasteiger partial charge >= 0.3 is 6.18 Å². The Morgan fingerprint density at radius 2 is 1.89 bits per heavy atom. The van der Waals surface area contributed by atoms with Crippen LogP contribution in [0.25, 0.3) is 0 Å². The Morgan fingerprint density at radius 1 is 1.14 bits per heavy atom. The summed E-state index contributed by atoms with van der Waals surface area (Å²) in [6.07, 6.45) is -0.863. The minimum Gasteiger partial charge on any atom is -0.334 e. The summed E-state index contributed by atoms with van der Waals surface area (Å²) in [5.74, 6) is -0.696. The first-order valence-corrected chi connectivity index (χ1v) is 9.56. The van der Waals surface area contributed by atoms with E-state index in [-0.39, 0.29) is 29.9 Å². The van der Waals surface area contributed by atoms with E-state index < -0.39 is 11.9 Å². The number of likely N-dealkylation sites (tertiary alicyclic amines) is 1. The van der Waals surface area contributed by atoms with Crippen molar-refractivity contribution in [3.63, 3.8) is 0 Å². The number of alkyl halides is 3. The van der Waals surface area contributed by atoms with Crippen LogP contribution in [-0.4, -0.2) is 27.1 Å². The van der Waals surface area contributed by atoms with Crippen molar-refractivity contribution in [3.05, 3.63) is 52.6 Å². The Morgan fingerprint density at radius 3 is 2.64 bits per heavy atom. The number of amides is 1. The monoisotopic (exact) mass is 395 g/mol. The topological polar surface area (TPSA) is 38.1 Å². The second kappa shape index (κ2) is 7.22. The molecule has 4 nitrogen and oxygen atoms in total. The minimum atomic E-state index is -4.53. The Bertz CT molecular complexity index is 890. The van der Waals surface area contributed by atoms with Crippen LogP contribution in [0.3, 0.4) is 0 Å². The molecule has 2 heterocycles. The van der Waals surface area contributed by atoms with E-state index in [1.54, 1.807) is 23.1 Å². The van der Waals surface area contributed by atoms with Gasteiger partial charge in [0.1, 0.15) is 12.4 Å². The van der Waals surface area contributed by atoms with Gasteiger partial charge in [-0.25, -0.2) is 4.39 Å². The summed E-state index contributed by atoms with van der Waals surface area (Å²) in [6.45, 7) is 0.219. The molecule has 1 fully saturated rings. The number of halogens is 4. The van der Waals surface area contributed by atoms with Crippen LogP contribution in [0.5, 0.6) is 0 Å². The Balaban J connectivity index is 1.60. The lowest BCUT2D eigenvalue weighted by atomic mass is 9.95. The summed E-state index contributed by atoms with van der Waals surface area (Å²) >= 11 is 0. The maximum Gasteiger partial charge on any atom is 0.435 e. The average Bonchev–Trinajstić information content (AvgIpc) is 3.27. The summed E-state index contributed by atoms with van der Waals surface area (Å²) < 4.78 is 55.4. The number of hydrogen-bond acceptors (Lipinski definition) is 2. The van der Waals surface area contributed by atoms with Gasteiger partial charge in [-0.15, -0.1) is 0 Å². The molecule has 1 atom stereocenters. The number of nitrogens with zero attached hydrogens (tertiary/aromatic N) is 3. The molecule has 1 unspecified atom stereocenters. The second-order valence-electron chi connectivity index (χ2n) is 7.40. The number of carbonyl (C=O) groups excluding carboxylic acids is 1. The molecule has 2 aliphatic rings. The van der Waals surface area contributed by atoms with Crippen LogP contribution in [0, 0.1) is 5.82 Å². The van der Waals surface area contributed by atoms with Crippen LogP contribution in [-0.2, 0) is 30.4 Å². The van der Waals surface area contributed by atoms with Crippen molar-refractivity contribution in [1.29, 1.82) is 0 Å². The number of carbonyl (C=O) groups is 1. The zero-order valence-corrected chi connectivity index (χ0v) is 15.3. The standard InChI is InChI=1S/C20H21F4N3O/c21-15-8-3-1-6-13(15)16-10-5-11-26(16)18(28)12-27-17-9-4-2-7-14(17)19(25-27)20(22,23)24/h1,3,6,8,16H,2,4-5,7,9-12H2. The number of aromatic nitrogens is 2. The van der Waals surface area contributed by atoms with Gasteiger partial charge in [0.15, 0.2) is 5.69 Å². The van der Waals surface area contributed by atoms with E-state index in [0.29, 0.717) is 43.5 Å². The third kappa shape index (κ3) is 3.40. The first kappa shape index (κ1) is 19.0. The van der Waals surface area contributed by atoms with Crippen molar-refractivity contribution >= 4 is 5.91 Å². The zero-order valence-electron chi connectivity index (χ0n) is 15.3. The molecule has 1 aliphatic heterocycles. The van der Waals surface area contributed by atoms with Gasteiger partial charge in [-0.3, -0.25) is 9.48 Å². The molecule has 0 spiro atoms. The average molecular weight is 395 g/mol. The summed E-state index contributed by atoms with van der Waals surface area (Å²) in [6, 6.07) is 5.94. The van der Waals surface area contributed by atoms with Gasteiger partial charge in [-0.05, 0) is 44.6 Å². The fourth-order valence-corrected chi connectivity index (χ4v) is 4.38. The van der Waals surface area contributed by atoms with Crippen LogP contribution < -0.4 is 0 Å². The van der Waals surface area contributed by atoms with Crippen molar-refractivity contribution in [2.24, 2.45) is 0 Å². The molecule has 28 heavy (non-hydrogen) atoms. The van der Waals surface area contributed by atoms with Crippen LogP contribution in [0.4, 0.5) is 17.6 Å². The molecule has 0 radical (unpaired) electrons. The third-order valence-electron chi connectivity index (χ3n) is 5.65. The summed E-state index contributed by atoms with van der Waals surface area (Å²) in [5, 5.41) is 3.76. The van der Waals surface area contributed by atoms with Gasteiger partial charge in [0.05, 0.1) is 6.04 Å². The lowest BCUT2D eigenvalue weighted by Crippen LogP contribution is -2.34. The normalized spacial score (nSPS) is 19.7. The molecule has 0 bridgehead atoms. The first-order chi connectivity index (χ1) is 13.4. The zero-order chi connectivity index (χ0) is 19.9. The van der Waals surface area contributed by atoms with Crippen molar-refractivity contribution in [2.75, 3.05) is 6.54 Å². The van der Waals surface area contributed by atoms with Crippen molar-refractivity contribution < 1.29 is 22.4 Å². The highest BCUT2D eigenvalue weighted by atomic mass is 19.4. The fourth-order valence-electron chi connectivity index (χ4n) is 4.38. The quantitative estimate of drug-likeness (QED) is 0.728. The van der Waals surface area contributed by atoms with Crippen molar-refractivity contribution in [3.8, 4) is 0 Å². The van der Waals surface area contributed by atoms with E-state index in [0.717, 1.165) is 12.8 Å². The molecule has 0 N–H and O–H groups in total. The Hall–Kier alpha value is -2.38. The highest BCUT2D eigenvalue weighted by Gasteiger charge is 2.40. The molecule has 150 valence electrons. The van der Waals surface area contributed by atoms with Crippen LogP contribution in [0.15, 0.2) is 24.3 Å². The maximum atomic E-state index is 14.2. The van der Waals surface area contributed by atoms with Gasteiger partial charge in [-0.1, -0.05) is 18.2 Å². The Labute approximate surface area is 160 Å². The second-order valence-corrected chi connectivity index (χ2v) is 7.40. The highest BCUT2D eigenvalue weighted by molar-refractivity contribution is 5.77. The summed E-state index contributed by atoms with van der Waals surface area (Å²) in [7, 11) is 0. The largest absolute Gasteiger partial charge is 0.435 e. The van der Waals surface area contributed by atoms with Gasteiger partial charge in [0, 0.05) is 23.4 Å². The van der Waals surface area contributed by atoms with Gasteiger partial charge in [-0.2, -0.15) is 18.3 Å². The predicted molar refractivity (Wildman–Crippen MR) is 94.0 cm³/mol. The molecule has 0 saturated carbocycles. The number of hydrogen-bond donors (Lipinski definition) is 0. The summed E-state index contributed by atoms with van der Waals surface area (Å²) in [5.41, 5.74) is 0.307.